The summed E-state index contributed by atoms with van der Waals surface area (Å²) in [5.41, 5.74) is 3.62. The molecule has 0 spiro atoms. The SMILES string of the molecule is C=CC(=O)NCCCCCc1nc2ccccc2n1CCc1ccccc1. The van der Waals surface area contributed by atoms with Crippen LogP contribution in [0.5, 0.6) is 0 Å². The first-order valence-corrected chi connectivity index (χ1v) is 9.66. The summed E-state index contributed by atoms with van der Waals surface area (Å²) < 4.78 is 2.36. The summed E-state index contributed by atoms with van der Waals surface area (Å²) in [5, 5.41) is 2.82. The Morgan fingerprint density at radius 1 is 1.00 bits per heavy atom. The van der Waals surface area contributed by atoms with Crippen LogP contribution in [-0.2, 0) is 24.2 Å². The van der Waals surface area contributed by atoms with Gasteiger partial charge in [-0.2, -0.15) is 0 Å². The highest BCUT2D eigenvalue weighted by atomic mass is 16.1. The average molecular weight is 361 g/mol. The van der Waals surface area contributed by atoms with Gasteiger partial charge in [-0.15, -0.1) is 0 Å². The Balaban J connectivity index is 1.60. The standard InChI is InChI=1S/C23H27N3O/c1-2-23(27)24-17-10-4-7-15-22-25-20-13-8-9-14-21(20)26(22)18-16-19-11-5-3-6-12-19/h2-3,5-6,8-9,11-14H,1,4,7,10,15-18H2,(H,24,27). The zero-order chi connectivity index (χ0) is 18.9. The number of aryl methyl sites for hydroxylation is 3. The molecule has 27 heavy (non-hydrogen) atoms. The predicted octanol–water partition coefficient (Wildman–Crippen LogP) is 4.29. The van der Waals surface area contributed by atoms with Crippen LogP contribution < -0.4 is 5.32 Å². The first-order chi connectivity index (χ1) is 13.3. The number of carbonyl (C=O) groups is 1. The van der Waals surface area contributed by atoms with E-state index in [-0.39, 0.29) is 5.91 Å². The highest BCUT2D eigenvalue weighted by Crippen LogP contribution is 2.18. The van der Waals surface area contributed by atoms with Gasteiger partial charge < -0.3 is 9.88 Å². The van der Waals surface area contributed by atoms with Crippen molar-refractivity contribution in [3.8, 4) is 0 Å². The van der Waals surface area contributed by atoms with E-state index in [1.165, 1.54) is 17.2 Å². The van der Waals surface area contributed by atoms with Crippen LogP contribution in [0, 0.1) is 0 Å². The van der Waals surface area contributed by atoms with Gasteiger partial charge in [0.25, 0.3) is 0 Å². The van der Waals surface area contributed by atoms with E-state index < -0.39 is 0 Å². The highest BCUT2D eigenvalue weighted by Gasteiger charge is 2.10. The molecule has 140 valence electrons. The molecule has 2 aromatic carbocycles. The van der Waals surface area contributed by atoms with E-state index in [4.69, 9.17) is 4.98 Å². The Hall–Kier alpha value is -2.88. The number of benzene rings is 2. The molecule has 0 fully saturated rings. The number of hydrogen-bond donors (Lipinski definition) is 1. The number of amides is 1. The number of rotatable bonds is 10. The van der Waals surface area contributed by atoms with Crippen LogP contribution >= 0.6 is 0 Å². The second-order valence-electron chi connectivity index (χ2n) is 6.71. The van der Waals surface area contributed by atoms with Gasteiger partial charge in [0.1, 0.15) is 5.82 Å². The molecule has 3 aromatic rings. The molecule has 1 heterocycles. The molecule has 0 aliphatic carbocycles. The van der Waals surface area contributed by atoms with Gasteiger partial charge >= 0.3 is 0 Å². The summed E-state index contributed by atoms with van der Waals surface area (Å²) in [5.74, 6) is 1.06. The zero-order valence-corrected chi connectivity index (χ0v) is 15.7. The lowest BCUT2D eigenvalue weighted by atomic mass is 10.1. The van der Waals surface area contributed by atoms with E-state index >= 15 is 0 Å². The molecule has 0 aliphatic heterocycles. The van der Waals surface area contributed by atoms with E-state index in [2.05, 4.69) is 65.0 Å². The summed E-state index contributed by atoms with van der Waals surface area (Å²) in [6.45, 7) is 5.11. The van der Waals surface area contributed by atoms with Crippen LogP contribution in [0.3, 0.4) is 0 Å². The van der Waals surface area contributed by atoms with Crippen LogP contribution in [0.1, 0.15) is 30.7 Å². The Morgan fingerprint density at radius 3 is 2.59 bits per heavy atom. The topological polar surface area (TPSA) is 46.9 Å². The van der Waals surface area contributed by atoms with Crippen LogP contribution in [0.25, 0.3) is 11.0 Å². The van der Waals surface area contributed by atoms with Gasteiger partial charge in [0.15, 0.2) is 0 Å². The Morgan fingerprint density at radius 2 is 1.78 bits per heavy atom. The summed E-state index contributed by atoms with van der Waals surface area (Å²) in [7, 11) is 0. The van der Waals surface area contributed by atoms with Crippen molar-refractivity contribution in [2.45, 2.75) is 38.6 Å². The maximum absolute atomic E-state index is 11.2. The molecular formula is C23H27N3O. The molecular weight excluding hydrogens is 334 g/mol. The second-order valence-corrected chi connectivity index (χ2v) is 6.71. The Bertz CT molecular complexity index is 883. The quantitative estimate of drug-likeness (QED) is 0.432. The number of para-hydroxylation sites is 2. The van der Waals surface area contributed by atoms with Crippen molar-refractivity contribution in [3.05, 3.63) is 78.6 Å². The number of carbonyl (C=O) groups excluding carboxylic acids is 1. The average Bonchev–Trinajstić information content (AvgIpc) is 3.07. The molecule has 1 amide bonds. The normalized spacial score (nSPS) is 10.8. The first-order valence-electron chi connectivity index (χ1n) is 9.66. The van der Waals surface area contributed by atoms with Crippen molar-refractivity contribution in [2.75, 3.05) is 6.54 Å². The van der Waals surface area contributed by atoms with Crippen LogP contribution in [0.2, 0.25) is 0 Å². The fourth-order valence-corrected chi connectivity index (χ4v) is 3.32. The highest BCUT2D eigenvalue weighted by molar-refractivity contribution is 5.86. The Kier molecular flexibility index (Phi) is 6.80. The van der Waals surface area contributed by atoms with Crippen molar-refractivity contribution in [1.29, 1.82) is 0 Å². The summed E-state index contributed by atoms with van der Waals surface area (Å²) in [6.07, 6.45) is 6.39. The van der Waals surface area contributed by atoms with Gasteiger partial charge in [0.2, 0.25) is 5.91 Å². The monoisotopic (exact) mass is 361 g/mol. The number of aromatic nitrogens is 2. The van der Waals surface area contributed by atoms with Gasteiger partial charge in [-0.1, -0.05) is 55.5 Å². The molecule has 1 aromatic heterocycles. The van der Waals surface area contributed by atoms with E-state index in [1.807, 2.05) is 6.07 Å². The number of nitrogens with one attached hydrogen (secondary N) is 1. The van der Waals surface area contributed by atoms with E-state index in [9.17, 15) is 4.79 Å². The lowest BCUT2D eigenvalue weighted by molar-refractivity contribution is -0.116. The van der Waals surface area contributed by atoms with Crippen molar-refractivity contribution < 1.29 is 4.79 Å². The fraction of sp³-hybridized carbons (Fsp3) is 0.304. The van der Waals surface area contributed by atoms with Gasteiger partial charge in [-0.25, -0.2) is 4.98 Å². The van der Waals surface area contributed by atoms with Crippen molar-refractivity contribution in [3.63, 3.8) is 0 Å². The second kappa shape index (κ2) is 9.72. The molecule has 0 saturated carbocycles. The number of unbranched alkanes of at least 4 members (excludes halogenated alkanes) is 2. The van der Waals surface area contributed by atoms with E-state index in [1.54, 1.807) is 0 Å². The summed E-state index contributed by atoms with van der Waals surface area (Å²) >= 11 is 0. The number of nitrogens with zero attached hydrogens (tertiary/aromatic N) is 2. The third kappa shape index (κ3) is 5.30. The van der Waals surface area contributed by atoms with Crippen LogP contribution in [0.4, 0.5) is 0 Å². The third-order valence-corrected chi connectivity index (χ3v) is 4.76. The molecule has 3 rings (SSSR count). The van der Waals surface area contributed by atoms with E-state index in [0.717, 1.165) is 50.0 Å². The minimum Gasteiger partial charge on any atom is -0.353 e. The Labute approximate surface area is 160 Å². The van der Waals surface area contributed by atoms with Crippen LogP contribution in [-0.4, -0.2) is 22.0 Å². The van der Waals surface area contributed by atoms with Gasteiger partial charge in [-0.05, 0) is 43.0 Å². The third-order valence-electron chi connectivity index (χ3n) is 4.76. The van der Waals surface area contributed by atoms with Crippen molar-refractivity contribution >= 4 is 16.9 Å². The van der Waals surface area contributed by atoms with Crippen LogP contribution in [0.15, 0.2) is 67.3 Å². The molecule has 0 radical (unpaired) electrons. The molecule has 0 aliphatic rings. The van der Waals surface area contributed by atoms with Gasteiger partial charge in [-0.3, -0.25) is 4.79 Å². The number of hydrogen-bond acceptors (Lipinski definition) is 2. The summed E-state index contributed by atoms with van der Waals surface area (Å²) in [6, 6.07) is 19.0. The smallest absolute Gasteiger partial charge is 0.243 e. The molecule has 0 atom stereocenters. The van der Waals surface area contributed by atoms with Crippen molar-refractivity contribution in [1.82, 2.24) is 14.9 Å². The molecule has 0 unspecified atom stereocenters. The fourth-order valence-electron chi connectivity index (χ4n) is 3.32. The molecule has 4 heteroatoms. The van der Waals surface area contributed by atoms with E-state index in [0.29, 0.717) is 6.54 Å². The molecule has 0 bridgehead atoms. The maximum Gasteiger partial charge on any atom is 0.243 e. The predicted molar refractivity (Wildman–Crippen MR) is 111 cm³/mol. The van der Waals surface area contributed by atoms with Gasteiger partial charge in [0.05, 0.1) is 11.0 Å². The number of imidazole rings is 1. The first kappa shape index (κ1) is 18.9. The minimum absolute atomic E-state index is 0.0993. The maximum atomic E-state index is 11.2. The lowest BCUT2D eigenvalue weighted by Gasteiger charge is -2.10. The largest absolute Gasteiger partial charge is 0.353 e. The molecule has 0 saturated heterocycles. The zero-order valence-electron chi connectivity index (χ0n) is 15.7. The minimum atomic E-state index is -0.0993. The summed E-state index contributed by atoms with van der Waals surface area (Å²) in [4.78, 5) is 16.0. The molecule has 4 nitrogen and oxygen atoms in total. The number of fused-ring (bicyclic) bond motifs is 1. The molecule has 1 N–H and O–H groups in total. The van der Waals surface area contributed by atoms with Crippen molar-refractivity contribution in [2.24, 2.45) is 0 Å². The lowest BCUT2D eigenvalue weighted by Crippen LogP contribution is -2.21. The van der Waals surface area contributed by atoms with Gasteiger partial charge in [0, 0.05) is 19.5 Å².